The molecule has 0 saturated heterocycles. The Morgan fingerprint density at radius 3 is 2.79 bits per heavy atom. The third-order valence-electron chi connectivity index (χ3n) is 5.16. The van der Waals surface area contributed by atoms with Gasteiger partial charge in [-0.2, -0.15) is 0 Å². The number of unbranched alkanes of at least 4 members (excludes halogenated alkanes) is 1. The molecule has 0 amide bonds. The Morgan fingerprint density at radius 2 is 2.03 bits per heavy atom. The number of fused-ring (bicyclic) bond motifs is 1. The molecule has 4 nitrogen and oxygen atoms in total. The second kappa shape index (κ2) is 9.61. The molecule has 29 heavy (non-hydrogen) atoms. The molecular formula is C24H24O4S. The number of hydrogen-bond donors (Lipinski definition) is 1. The SMILES string of the molecule is C=C1CC(=O)[C@H](C/C=C\CCCC(=O)O)[C@H]1/C=C/C(=O)c1cc2ccccc2s1. The second-order valence-corrected chi connectivity index (χ2v) is 8.38. The van der Waals surface area contributed by atoms with Crippen LogP contribution in [0.4, 0.5) is 0 Å². The third kappa shape index (κ3) is 5.39. The lowest BCUT2D eigenvalue weighted by Gasteiger charge is -2.13. The number of aliphatic carboxylic acids is 1. The van der Waals surface area contributed by atoms with E-state index in [4.69, 9.17) is 5.11 Å². The number of ketones is 2. The lowest BCUT2D eigenvalue weighted by Crippen LogP contribution is -2.13. The Balaban J connectivity index is 1.62. The first-order valence-corrected chi connectivity index (χ1v) is 10.6. The van der Waals surface area contributed by atoms with Crippen molar-refractivity contribution in [3.63, 3.8) is 0 Å². The van der Waals surface area contributed by atoms with E-state index in [2.05, 4.69) is 6.58 Å². The first-order chi connectivity index (χ1) is 14.0. The van der Waals surface area contributed by atoms with E-state index >= 15 is 0 Å². The van der Waals surface area contributed by atoms with Gasteiger partial charge in [-0.15, -0.1) is 11.3 Å². The monoisotopic (exact) mass is 408 g/mol. The van der Waals surface area contributed by atoms with E-state index in [0.717, 1.165) is 15.7 Å². The predicted molar refractivity (Wildman–Crippen MR) is 116 cm³/mol. The molecule has 2 aromatic rings. The van der Waals surface area contributed by atoms with Crippen molar-refractivity contribution in [3.8, 4) is 0 Å². The molecule has 1 fully saturated rings. The zero-order valence-electron chi connectivity index (χ0n) is 16.2. The van der Waals surface area contributed by atoms with Crippen LogP contribution in [0.3, 0.4) is 0 Å². The smallest absolute Gasteiger partial charge is 0.303 e. The maximum Gasteiger partial charge on any atom is 0.303 e. The van der Waals surface area contributed by atoms with Gasteiger partial charge in [0.2, 0.25) is 0 Å². The molecule has 5 heteroatoms. The Kier molecular flexibility index (Phi) is 6.94. The highest BCUT2D eigenvalue weighted by Gasteiger charge is 2.34. The van der Waals surface area contributed by atoms with Gasteiger partial charge in [-0.25, -0.2) is 0 Å². The molecule has 150 valence electrons. The Labute approximate surface area is 174 Å². The van der Waals surface area contributed by atoms with Gasteiger partial charge in [0.1, 0.15) is 5.78 Å². The fourth-order valence-electron chi connectivity index (χ4n) is 3.61. The van der Waals surface area contributed by atoms with Gasteiger partial charge in [0.05, 0.1) is 4.88 Å². The van der Waals surface area contributed by atoms with Gasteiger partial charge in [0.15, 0.2) is 5.78 Å². The summed E-state index contributed by atoms with van der Waals surface area (Å²) >= 11 is 1.47. The minimum Gasteiger partial charge on any atom is -0.481 e. The van der Waals surface area contributed by atoms with E-state index in [1.54, 1.807) is 6.08 Å². The first-order valence-electron chi connectivity index (χ1n) is 9.74. The molecule has 1 aromatic heterocycles. The summed E-state index contributed by atoms with van der Waals surface area (Å²) in [5.74, 6) is -1.04. The summed E-state index contributed by atoms with van der Waals surface area (Å²) in [7, 11) is 0. The quantitative estimate of drug-likeness (QED) is 0.254. The topological polar surface area (TPSA) is 71.4 Å². The van der Waals surface area contributed by atoms with E-state index in [-0.39, 0.29) is 29.8 Å². The van der Waals surface area contributed by atoms with Crippen LogP contribution >= 0.6 is 11.3 Å². The fraction of sp³-hybridized carbons (Fsp3) is 0.292. The molecule has 0 aliphatic heterocycles. The summed E-state index contributed by atoms with van der Waals surface area (Å²) in [5.41, 5.74) is 0.847. The highest BCUT2D eigenvalue weighted by Crippen LogP contribution is 2.36. The number of hydrogen-bond acceptors (Lipinski definition) is 4. The summed E-state index contributed by atoms with van der Waals surface area (Å²) in [6.45, 7) is 4.03. The first kappa shape index (κ1) is 20.9. The van der Waals surface area contributed by atoms with Crippen LogP contribution in [0.2, 0.25) is 0 Å². The van der Waals surface area contributed by atoms with Gasteiger partial charge >= 0.3 is 5.97 Å². The van der Waals surface area contributed by atoms with E-state index < -0.39 is 5.97 Å². The lowest BCUT2D eigenvalue weighted by molar-refractivity contribution is -0.137. The van der Waals surface area contributed by atoms with Crippen molar-refractivity contribution in [3.05, 3.63) is 71.7 Å². The number of carbonyl (C=O) groups is 3. The largest absolute Gasteiger partial charge is 0.481 e. The average molecular weight is 409 g/mol. The van der Waals surface area contributed by atoms with Crippen molar-refractivity contribution in [2.45, 2.75) is 32.1 Å². The highest BCUT2D eigenvalue weighted by atomic mass is 32.1. The average Bonchev–Trinajstić information content (AvgIpc) is 3.23. The zero-order chi connectivity index (χ0) is 20.8. The van der Waals surface area contributed by atoms with Gasteiger partial charge < -0.3 is 5.11 Å². The summed E-state index contributed by atoms with van der Waals surface area (Å²) in [5, 5.41) is 9.71. The molecule has 1 saturated carbocycles. The van der Waals surface area contributed by atoms with Crippen molar-refractivity contribution < 1.29 is 19.5 Å². The normalized spacial score (nSPS) is 19.7. The molecule has 0 spiro atoms. The number of carboxylic acids is 1. The van der Waals surface area contributed by atoms with E-state index in [1.807, 2.05) is 48.6 Å². The summed E-state index contributed by atoms with van der Waals surface area (Å²) < 4.78 is 1.08. The number of allylic oxidation sites excluding steroid dienone is 5. The van der Waals surface area contributed by atoms with Gasteiger partial charge in [-0.3, -0.25) is 14.4 Å². The number of carbonyl (C=O) groups excluding carboxylic acids is 2. The number of rotatable bonds is 9. The maximum atomic E-state index is 12.6. The number of carboxylic acid groups (broad SMARTS) is 1. The van der Waals surface area contributed by atoms with Gasteiger partial charge in [-0.1, -0.05) is 48.6 Å². The molecule has 2 atom stereocenters. The summed E-state index contributed by atoms with van der Waals surface area (Å²) in [6, 6.07) is 9.79. The molecule has 3 rings (SSSR count). The number of Topliss-reactive ketones (excluding diaryl/α,β-unsaturated/α-hetero) is 1. The Bertz CT molecular complexity index is 962. The zero-order valence-corrected chi connectivity index (χ0v) is 17.0. The van der Waals surface area contributed by atoms with Gasteiger partial charge in [0.25, 0.3) is 0 Å². The third-order valence-corrected chi connectivity index (χ3v) is 6.29. The molecule has 0 bridgehead atoms. The number of thiophene rings is 1. The molecule has 0 unspecified atom stereocenters. The predicted octanol–water partition coefficient (Wildman–Crippen LogP) is 5.60. The second-order valence-electron chi connectivity index (χ2n) is 7.30. The van der Waals surface area contributed by atoms with Crippen LogP contribution in [-0.4, -0.2) is 22.6 Å². The van der Waals surface area contributed by atoms with Crippen LogP contribution < -0.4 is 0 Å². The Morgan fingerprint density at radius 1 is 1.24 bits per heavy atom. The van der Waals surface area contributed by atoms with Crippen LogP contribution in [0.15, 0.2) is 66.8 Å². The van der Waals surface area contributed by atoms with Crippen molar-refractivity contribution in [2.75, 3.05) is 0 Å². The van der Waals surface area contributed by atoms with Crippen molar-refractivity contribution in [1.29, 1.82) is 0 Å². The number of benzene rings is 1. The van der Waals surface area contributed by atoms with Crippen LogP contribution in [0.5, 0.6) is 0 Å². The standard InChI is InChI=1S/C24H24O4S/c1-16-14-21(26)19(9-4-2-3-5-11-24(27)28)18(16)12-13-20(25)23-15-17-8-6-7-10-22(17)29-23/h2,4,6-8,10,12-13,15,18-19H,1,3,5,9,11,14H2,(H,27,28)/b4-2-,13-12+/t18-,19+/m0/s1. The highest BCUT2D eigenvalue weighted by molar-refractivity contribution is 7.21. The maximum absolute atomic E-state index is 12.6. The van der Waals surface area contributed by atoms with E-state index in [0.29, 0.717) is 30.6 Å². The van der Waals surface area contributed by atoms with E-state index in [1.165, 1.54) is 11.3 Å². The molecule has 1 heterocycles. The minimum atomic E-state index is -0.797. The Hall–Kier alpha value is -2.79. The van der Waals surface area contributed by atoms with Crippen LogP contribution in [0, 0.1) is 11.8 Å². The fourth-order valence-corrected chi connectivity index (χ4v) is 4.60. The molecule has 1 aromatic carbocycles. The summed E-state index contributed by atoms with van der Waals surface area (Å²) in [6.07, 6.45) is 9.61. The van der Waals surface area contributed by atoms with Gasteiger partial charge in [0, 0.05) is 29.4 Å². The van der Waals surface area contributed by atoms with Crippen molar-refractivity contribution in [2.24, 2.45) is 11.8 Å². The molecule has 0 radical (unpaired) electrons. The summed E-state index contributed by atoms with van der Waals surface area (Å²) in [4.78, 5) is 36.2. The minimum absolute atomic E-state index is 0.0543. The molecule has 1 aliphatic rings. The lowest BCUT2D eigenvalue weighted by atomic mass is 9.89. The molecule has 1 aliphatic carbocycles. The molecule has 1 N–H and O–H groups in total. The van der Waals surface area contributed by atoms with Crippen molar-refractivity contribution in [1.82, 2.24) is 0 Å². The van der Waals surface area contributed by atoms with Crippen molar-refractivity contribution >= 4 is 39.0 Å². The molecular weight excluding hydrogens is 384 g/mol. The van der Waals surface area contributed by atoms with Crippen LogP contribution in [0.1, 0.15) is 41.8 Å². The van der Waals surface area contributed by atoms with Crippen LogP contribution in [0.25, 0.3) is 10.1 Å². The van der Waals surface area contributed by atoms with Crippen LogP contribution in [-0.2, 0) is 9.59 Å². The van der Waals surface area contributed by atoms with E-state index in [9.17, 15) is 14.4 Å². The van der Waals surface area contributed by atoms with Gasteiger partial charge in [-0.05, 0) is 42.9 Å².